The van der Waals surface area contributed by atoms with Gasteiger partial charge in [-0.25, -0.2) is 4.98 Å². The number of nitrogens with zero attached hydrogens (tertiary/aromatic N) is 3. The van der Waals surface area contributed by atoms with Gasteiger partial charge in [0, 0.05) is 30.0 Å². The topological polar surface area (TPSA) is 73.7 Å². The highest BCUT2D eigenvalue weighted by atomic mass is 32.1. The Morgan fingerprint density at radius 3 is 2.23 bits per heavy atom. The van der Waals surface area contributed by atoms with E-state index in [4.69, 9.17) is 0 Å². The highest BCUT2D eigenvalue weighted by Crippen LogP contribution is 2.44. The van der Waals surface area contributed by atoms with Gasteiger partial charge in [-0.15, -0.1) is 11.3 Å². The maximum absolute atomic E-state index is 14.1. The van der Waals surface area contributed by atoms with Gasteiger partial charge in [0.2, 0.25) is 5.78 Å². The van der Waals surface area contributed by atoms with E-state index in [-0.39, 0.29) is 11.4 Å². The van der Waals surface area contributed by atoms with E-state index in [2.05, 4.69) is 9.88 Å². The number of ketones is 1. The summed E-state index contributed by atoms with van der Waals surface area (Å²) < 4.78 is 0. The van der Waals surface area contributed by atoms with Crippen LogP contribution in [0.3, 0.4) is 0 Å². The Hall–Kier alpha value is -4.23. The summed E-state index contributed by atoms with van der Waals surface area (Å²) in [7, 11) is 0. The lowest BCUT2D eigenvalue weighted by atomic mass is 9.92. The maximum atomic E-state index is 14.1. The fraction of sp³-hybridized carbons (Fsp3) is 0.219. The molecule has 1 amide bonds. The minimum Gasteiger partial charge on any atom is -0.503 e. The highest BCUT2D eigenvalue weighted by molar-refractivity contribution is 7.17. The van der Waals surface area contributed by atoms with Crippen LogP contribution in [0.5, 0.6) is 0 Å². The number of carbonyl (C=O) groups excluding carboxylic acids is 2. The van der Waals surface area contributed by atoms with E-state index in [0.717, 1.165) is 40.5 Å². The first-order chi connectivity index (χ1) is 18.9. The summed E-state index contributed by atoms with van der Waals surface area (Å²) in [6.07, 6.45) is 2.35. The molecule has 7 heteroatoms. The second-order valence-electron chi connectivity index (χ2n) is 10.0. The average molecular weight is 536 g/mol. The van der Waals surface area contributed by atoms with Crippen molar-refractivity contribution in [1.82, 2.24) is 4.98 Å². The second-order valence-corrected chi connectivity index (χ2v) is 11.0. The van der Waals surface area contributed by atoms with E-state index >= 15 is 0 Å². The van der Waals surface area contributed by atoms with Gasteiger partial charge in [0.1, 0.15) is 5.01 Å². The molecule has 0 radical (unpaired) electrons. The van der Waals surface area contributed by atoms with Crippen LogP contribution in [0.15, 0.2) is 90.2 Å². The minimum atomic E-state index is -0.759. The van der Waals surface area contributed by atoms with Gasteiger partial charge in [-0.05, 0) is 62.1 Å². The Bertz CT molecular complexity index is 1580. The van der Waals surface area contributed by atoms with Crippen molar-refractivity contribution in [3.05, 3.63) is 112 Å². The number of hydrogen-bond donors (Lipinski definition) is 1. The first-order valence-corrected chi connectivity index (χ1v) is 14.0. The third-order valence-electron chi connectivity index (χ3n) is 7.56. The summed E-state index contributed by atoms with van der Waals surface area (Å²) in [6.45, 7) is 5.79. The normalized spacial score (nSPS) is 17.4. The Balaban J connectivity index is 1.43. The molecule has 1 aromatic heterocycles. The number of benzene rings is 3. The lowest BCUT2D eigenvalue weighted by molar-refractivity contribution is -0.117. The molecule has 2 aliphatic heterocycles. The lowest BCUT2D eigenvalue weighted by Crippen LogP contribution is -2.31. The van der Waals surface area contributed by atoms with Crippen LogP contribution in [0.4, 0.5) is 11.4 Å². The molecule has 1 atom stereocenters. The highest BCUT2D eigenvalue weighted by Gasteiger charge is 2.45. The minimum absolute atomic E-state index is 0.0873. The van der Waals surface area contributed by atoms with Crippen LogP contribution >= 0.6 is 11.3 Å². The summed E-state index contributed by atoms with van der Waals surface area (Å²) in [5.74, 6) is -1.46. The van der Waals surface area contributed by atoms with Crippen LogP contribution in [-0.4, -0.2) is 34.9 Å². The molecule has 6 nitrogen and oxygen atoms in total. The zero-order valence-corrected chi connectivity index (χ0v) is 22.7. The Morgan fingerprint density at radius 2 is 1.54 bits per heavy atom. The third-order valence-corrected chi connectivity index (χ3v) is 8.76. The van der Waals surface area contributed by atoms with E-state index in [9.17, 15) is 14.7 Å². The van der Waals surface area contributed by atoms with Crippen molar-refractivity contribution in [3.63, 3.8) is 0 Å². The van der Waals surface area contributed by atoms with Crippen molar-refractivity contribution in [2.75, 3.05) is 22.9 Å². The van der Waals surface area contributed by atoms with Gasteiger partial charge in [0.15, 0.2) is 5.76 Å². The molecule has 196 valence electrons. The van der Waals surface area contributed by atoms with Gasteiger partial charge < -0.3 is 10.0 Å². The molecular weight excluding hydrogens is 506 g/mol. The molecule has 1 unspecified atom stereocenters. The number of Topliss-reactive ketones (excluding diaryl/α,β-unsaturated/α-hetero) is 1. The van der Waals surface area contributed by atoms with Gasteiger partial charge in [0.25, 0.3) is 5.91 Å². The smallest absolute Gasteiger partial charge is 0.294 e. The summed E-state index contributed by atoms with van der Waals surface area (Å²) >= 11 is 1.28. The van der Waals surface area contributed by atoms with Crippen LogP contribution in [0.1, 0.15) is 45.4 Å². The van der Waals surface area contributed by atoms with E-state index in [0.29, 0.717) is 16.3 Å². The van der Waals surface area contributed by atoms with Crippen molar-refractivity contribution >= 4 is 34.4 Å². The zero-order chi connectivity index (χ0) is 27.1. The molecule has 2 aliphatic rings. The zero-order valence-electron chi connectivity index (χ0n) is 21.9. The van der Waals surface area contributed by atoms with Crippen LogP contribution in [-0.2, 0) is 4.79 Å². The summed E-state index contributed by atoms with van der Waals surface area (Å²) in [5, 5.41) is 12.0. The van der Waals surface area contributed by atoms with Crippen molar-refractivity contribution in [1.29, 1.82) is 0 Å². The monoisotopic (exact) mass is 535 g/mol. The van der Waals surface area contributed by atoms with Crippen molar-refractivity contribution < 1.29 is 14.7 Å². The Kier molecular flexibility index (Phi) is 6.53. The predicted octanol–water partition coefficient (Wildman–Crippen LogP) is 6.81. The molecule has 0 spiro atoms. The molecule has 1 fully saturated rings. The molecule has 4 aromatic rings. The van der Waals surface area contributed by atoms with Crippen LogP contribution in [0.2, 0.25) is 0 Å². The van der Waals surface area contributed by atoms with Crippen molar-refractivity contribution in [3.8, 4) is 10.6 Å². The maximum Gasteiger partial charge on any atom is 0.294 e. The van der Waals surface area contributed by atoms with E-state index in [1.165, 1.54) is 24.2 Å². The summed E-state index contributed by atoms with van der Waals surface area (Å²) in [5.41, 5.74) is 5.06. The number of anilines is 2. The molecule has 3 heterocycles. The molecular formula is C32H29N3O3S. The summed E-state index contributed by atoms with van der Waals surface area (Å²) in [4.78, 5) is 36.7. The largest absolute Gasteiger partial charge is 0.503 e. The number of aliphatic hydroxyl groups is 1. The number of amides is 1. The molecule has 3 aromatic carbocycles. The van der Waals surface area contributed by atoms with Gasteiger partial charge in [-0.1, -0.05) is 54.6 Å². The molecule has 0 saturated carbocycles. The first-order valence-electron chi connectivity index (χ1n) is 13.2. The fourth-order valence-corrected chi connectivity index (χ4v) is 6.55. The number of rotatable bonds is 6. The van der Waals surface area contributed by atoms with Crippen molar-refractivity contribution in [2.24, 2.45) is 0 Å². The first kappa shape index (κ1) is 25.1. The standard InChI is InChI=1S/C32H29N3O3S/c1-20-10-6-7-13-25(20)27-26(28(36)30-21(2)33-31(39-30)22-11-4-3-5-12-22)29(37)32(38)35(27)24-16-14-23(15-17-24)34-18-8-9-19-34/h3-7,10-17,27,37H,8-9,18-19H2,1-2H3. The Morgan fingerprint density at radius 1 is 0.897 bits per heavy atom. The molecule has 1 saturated heterocycles. The molecule has 0 aliphatic carbocycles. The predicted molar refractivity (Wildman–Crippen MR) is 156 cm³/mol. The van der Waals surface area contributed by atoms with E-state index in [1.807, 2.05) is 85.8 Å². The van der Waals surface area contributed by atoms with Crippen LogP contribution in [0.25, 0.3) is 10.6 Å². The van der Waals surface area contributed by atoms with Gasteiger partial charge in [-0.2, -0.15) is 0 Å². The number of hydrogen-bond acceptors (Lipinski definition) is 6. The number of aliphatic hydroxyl groups excluding tert-OH is 1. The third kappa shape index (κ3) is 4.42. The van der Waals surface area contributed by atoms with Crippen molar-refractivity contribution in [2.45, 2.75) is 32.7 Å². The van der Waals surface area contributed by atoms with Gasteiger partial charge >= 0.3 is 0 Å². The molecule has 0 bridgehead atoms. The Labute approximate surface area is 231 Å². The average Bonchev–Trinajstić information content (AvgIpc) is 3.69. The van der Waals surface area contributed by atoms with Crippen LogP contribution < -0.4 is 9.80 Å². The molecule has 39 heavy (non-hydrogen) atoms. The fourth-order valence-electron chi connectivity index (χ4n) is 5.52. The molecule has 1 N–H and O–H groups in total. The summed E-state index contributed by atoms with van der Waals surface area (Å²) in [6, 6.07) is 24.5. The van der Waals surface area contributed by atoms with Gasteiger partial charge in [-0.3, -0.25) is 14.5 Å². The number of carbonyl (C=O) groups is 2. The SMILES string of the molecule is Cc1ccccc1C1C(C(=O)c2sc(-c3ccccc3)nc2C)=C(O)C(=O)N1c1ccc(N2CCCC2)cc1. The molecule has 6 rings (SSSR count). The number of thiazole rings is 1. The second kappa shape index (κ2) is 10.2. The lowest BCUT2D eigenvalue weighted by Gasteiger charge is -2.28. The number of aryl methyl sites for hydroxylation is 2. The van der Waals surface area contributed by atoms with E-state index < -0.39 is 17.7 Å². The van der Waals surface area contributed by atoms with Crippen LogP contribution in [0, 0.1) is 13.8 Å². The van der Waals surface area contributed by atoms with E-state index in [1.54, 1.807) is 11.8 Å². The number of aromatic nitrogens is 1. The van der Waals surface area contributed by atoms with Gasteiger partial charge in [0.05, 0.1) is 22.2 Å². The quantitative estimate of drug-likeness (QED) is 0.275.